The summed E-state index contributed by atoms with van der Waals surface area (Å²) in [4.78, 5) is 34.7. The first-order valence-corrected chi connectivity index (χ1v) is 10.6. The van der Waals surface area contributed by atoms with Gasteiger partial charge in [0, 0.05) is 43.7 Å². The predicted molar refractivity (Wildman–Crippen MR) is 100 cm³/mol. The van der Waals surface area contributed by atoms with Gasteiger partial charge in [-0.15, -0.1) is 11.3 Å². The van der Waals surface area contributed by atoms with Crippen molar-refractivity contribution in [3.63, 3.8) is 0 Å². The van der Waals surface area contributed by atoms with Gasteiger partial charge < -0.3 is 14.2 Å². The van der Waals surface area contributed by atoms with Crippen LogP contribution in [0.15, 0.2) is 34.4 Å². The molecule has 1 saturated carbocycles. The van der Waals surface area contributed by atoms with E-state index in [4.69, 9.17) is 4.42 Å². The van der Waals surface area contributed by atoms with Gasteiger partial charge in [0.05, 0.1) is 16.7 Å². The normalized spacial score (nSPS) is 28.3. The van der Waals surface area contributed by atoms with Crippen LogP contribution in [-0.4, -0.2) is 52.8 Å². The predicted octanol–water partition coefficient (Wildman–Crippen LogP) is 2.99. The Labute approximate surface area is 162 Å². The molecule has 4 heterocycles. The van der Waals surface area contributed by atoms with E-state index in [0.29, 0.717) is 24.8 Å². The minimum absolute atomic E-state index is 0.0321. The van der Waals surface area contributed by atoms with Crippen molar-refractivity contribution in [2.24, 2.45) is 11.3 Å². The van der Waals surface area contributed by atoms with Crippen LogP contribution in [0.5, 0.6) is 0 Å². The minimum Gasteiger partial charge on any atom is -0.459 e. The van der Waals surface area contributed by atoms with Crippen molar-refractivity contribution in [2.45, 2.75) is 31.6 Å². The first-order valence-electron chi connectivity index (χ1n) is 9.69. The van der Waals surface area contributed by atoms with Crippen LogP contribution in [0.25, 0.3) is 0 Å². The van der Waals surface area contributed by atoms with Gasteiger partial charge in [0.1, 0.15) is 0 Å². The van der Waals surface area contributed by atoms with Crippen LogP contribution >= 0.6 is 11.3 Å². The van der Waals surface area contributed by atoms with Crippen LogP contribution in [0.4, 0.5) is 0 Å². The number of carbonyl (C=O) groups is 2. The number of furan rings is 1. The van der Waals surface area contributed by atoms with Crippen LogP contribution < -0.4 is 0 Å². The summed E-state index contributed by atoms with van der Waals surface area (Å²) in [6.45, 7) is 2.64. The molecule has 2 aliphatic heterocycles. The zero-order chi connectivity index (χ0) is 18.4. The van der Waals surface area contributed by atoms with Crippen molar-refractivity contribution in [1.82, 2.24) is 14.8 Å². The van der Waals surface area contributed by atoms with Crippen LogP contribution in [0.3, 0.4) is 0 Å². The van der Waals surface area contributed by atoms with E-state index in [9.17, 15) is 9.59 Å². The summed E-state index contributed by atoms with van der Waals surface area (Å²) in [5, 5.41) is 2.91. The highest BCUT2D eigenvalue weighted by molar-refractivity contribution is 7.09. The molecular weight excluding hydrogens is 362 g/mol. The fraction of sp³-hybridized carbons (Fsp3) is 0.550. The highest BCUT2D eigenvalue weighted by Gasteiger charge is 2.59. The van der Waals surface area contributed by atoms with E-state index in [2.05, 4.69) is 4.98 Å². The van der Waals surface area contributed by atoms with Crippen LogP contribution in [0.1, 0.15) is 47.2 Å². The molecule has 142 valence electrons. The van der Waals surface area contributed by atoms with E-state index in [-0.39, 0.29) is 17.7 Å². The lowest BCUT2D eigenvalue weighted by Crippen LogP contribution is -2.42. The lowest BCUT2D eigenvalue weighted by molar-refractivity contribution is -0.136. The van der Waals surface area contributed by atoms with Crippen molar-refractivity contribution >= 4 is 23.2 Å². The van der Waals surface area contributed by atoms with Crippen molar-refractivity contribution < 1.29 is 14.0 Å². The summed E-state index contributed by atoms with van der Waals surface area (Å²) in [6.07, 6.45) is 7.84. The molecule has 1 spiro atoms. The summed E-state index contributed by atoms with van der Waals surface area (Å²) >= 11 is 1.58. The number of nitrogens with zero attached hydrogens (tertiary/aromatic N) is 3. The second-order valence-electron chi connectivity index (χ2n) is 8.04. The van der Waals surface area contributed by atoms with Gasteiger partial charge in [0.2, 0.25) is 5.91 Å². The van der Waals surface area contributed by atoms with Crippen molar-refractivity contribution in [3.8, 4) is 0 Å². The molecule has 3 fully saturated rings. The zero-order valence-electron chi connectivity index (χ0n) is 15.2. The summed E-state index contributed by atoms with van der Waals surface area (Å²) in [7, 11) is 0. The van der Waals surface area contributed by atoms with E-state index >= 15 is 0 Å². The minimum atomic E-state index is -0.538. The smallest absolute Gasteiger partial charge is 0.289 e. The number of thiazole rings is 1. The summed E-state index contributed by atoms with van der Waals surface area (Å²) in [5.41, 5.74) is -0.538. The van der Waals surface area contributed by atoms with Crippen LogP contribution in [-0.2, 0) is 4.79 Å². The van der Waals surface area contributed by atoms with Crippen molar-refractivity contribution in [2.75, 3.05) is 26.2 Å². The molecule has 7 heteroatoms. The summed E-state index contributed by atoms with van der Waals surface area (Å²) in [5.74, 6) is 1.04. The Kier molecular flexibility index (Phi) is 4.07. The third-order valence-corrected chi connectivity index (χ3v) is 7.45. The molecule has 2 saturated heterocycles. The first kappa shape index (κ1) is 17.0. The number of aromatic nitrogens is 1. The number of likely N-dealkylation sites (tertiary alicyclic amines) is 2. The Morgan fingerprint density at radius 3 is 2.96 bits per heavy atom. The maximum atomic E-state index is 13.5. The number of hydrogen-bond donors (Lipinski definition) is 0. The highest BCUT2D eigenvalue weighted by Crippen LogP contribution is 2.51. The average molecular weight is 385 g/mol. The van der Waals surface area contributed by atoms with E-state index in [1.54, 1.807) is 34.6 Å². The zero-order valence-corrected chi connectivity index (χ0v) is 16.0. The van der Waals surface area contributed by atoms with Gasteiger partial charge in [-0.25, -0.2) is 4.98 Å². The van der Waals surface area contributed by atoms with E-state index in [1.807, 2.05) is 10.3 Å². The van der Waals surface area contributed by atoms with Gasteiger partial charge in [-0.05, 0) is 37.3 Å². The Morgan fingerprint density at radius 2 is 2.30 bits per heavy atom. The van der Waals surface area contributed by atoms with Gasteiger partial charge in [-0.3, -0.25) is 9.59 Å². The van der Waals surface area contributed by atoms with Gasteiger partial charge in [-0.2, -0.15) is 0 Å². The lowest BCUT2D eigenvalue weighted by Gasteiger charge is -2.32. The third kappa shape index (κ3) is 2.71. The number of rotatable bonds is 4. The molecule has 2 atom stereocenters. The Bertz CT molecular complexity index is 831. The largest absolute Gasteiger partial charge is 0.459 e. The molecule has 1 aliphatic carbocycles. The maximum absolute atomic E-state index is 13.5. The van der Waals surface area contributed by atoms with E-state index in [0.717, 1.165) is 24.5 Å². The molecule has 6 nitrogen and oxygen atoms in total. The second-order valence-corrected chi connectivity index (χ2v) is 8.97. The molecule has 2 unspecified atom stereocenters. The Balaban J connectivity index is 1.43. The number of carbonyl (C=O) groups excluding carboxylic acids is 2. The molecule has 0 N–H and O–H groups in total. The topological polar surface area (TPSA) is 66.7 Å². The van der Waals surface area contributed by atoms with Crippen LogP contribution in [0, 0.1) is 11.3 Å². The molecule has 0 aromatic carbocycles. The molecule has 5 rings (SSSR count). The summed E-state index contributed by atoms with van der Waals surface area (Å²) in [6, 6.07) is 3.41. The first-order chi connectivity index (χ1) is 13.2. The fourth-order valence-electron chi connectivity index (χ4n) is 4.83. The standard InChI is InChI=1S/C20H23N3O3S/c24-18(16-5-2-9-26-16)23-12-15(17-21-7-10-27-17)20(13-23)6-8-22(19(20)25)11-14-3-1-4-14/h2,5,7,9-10,14-15H,1,3-4,6,8,11-13H2. The molecule has 2 aromatic rings. The second kappa shape index (κ2) is 6.48. The Morgan fingerprint density at radius 1 is 1.41 bits per heavy atom. The van der Waals surface area contributed by atoms with Gasteiger partial charge in [-0.1, -0.05) is 6.42 Å². The number of hydrogen-bond acceptors (Lipinski definition) is 5. The fourth-order valence-corrected chi connectivity index (χ4v) is 5.68. The molecule has 2 aromatic heterocycles. The quantitative estimate of drug-likeness (QED) is 0.811. The molecule has 2 amide bonds. The van der Waals surface area contributed by atoms with E-state index < -0.39 is 5.41 Å². The SMILES string of the molecule is O=C(c1ccco1)N1CC(c2nccs2)C2(CCN(CC3CCC3)C2=O)C1. The molecule has 0 radical (unpaired) electrons. The number of amides is 2. The van der Waals surface area contributed by atoms with Crippen molar-refractivity contribution in [1.29, 1.82) is 0 Å². The van der Waals surface area contributed by atoms with Gasteiger partial charge in [0.25, 0.3) is 5.91 Å². The molecule has 3 aliphatic rings. The molecule has 0 bridgehead atoms. The molecule has 27 heavy (non-hydrogen) atoms. The van der Waals surface area contributed by atoms with Crippen molar-refractivity contribution in [3.05, 3.63) is 40.7 Å². The van der Waals surface area contributed by atoms with Gasteiger partial charge in [0.15, 0.2) is 5.76 Å². The maximum Gasteiger partial charge on any atom is 0.289 e. The van der Waals surface area contributed by atoms with Crippen LogP contribution in [0.2, 0.25) is 0 Å². The monoisotopic (exact) mass is 385 g/mol. The van der Waals surface area contributed by atoms with E-state index in [1.165, 1.54) is 25.5 Å². The lowest BCUT2D eigenvalue weighted by atomic mass is 9.76. The molecular formula is C20H23N3O3S. The summed E-state index contributed by atoms with van der Waals surface area (Å²) < 4.78 is 5.31. The Hall–Kier alpha value is -2.15. The van der Waals surface area contributed by atoms with Gasteiger partial charge >= 0.3 is 0 Å². The highest BCUT2D eigenvalue weighted by atomic mass is 32.1. The third-order valence-electron chi connectivity index (χ3n) is 6.56. The average Bonchev–Trinajstić information content (AvgIpc) is 3.42.